The van der Waals surface area contributed by atoms with Crippen LogP contribution in [0, 0.1) is 13.8 Å². The van der Waals surface area contributed by atoms with Gasteiger partial charge in [0.15, 0.2) is 0 Å². The highest BCUT2D eigenvalue weighted by atomic mass is 35.5. The van der Waals surface area contributed by atoms with Gasteiger partial charge < -0.3 is 5.32 Å². The molecule has 2 rings (SSSR count). The first-order chi connectivity index (χ1) is 9.58. The van der Waals surface area contributed by atoms with Crippen molar-refractivity contribution in [2.24, 2.45) is 0 Å². The van der Waals surface area contributed by atoms with Gasteiger partial charge >= 0.3 is 0 Å². The maximum Gasteiger partial charge on any atom is 0.0411 e. The summed E-state index contributed by atoms with van der Waals surface area (Å²) in [6.45, 7) is 7.29. The quantitative estimate of drug-likeness (QED) is 0.829. The van der Waals surface area contributed by atoms with Gasteiger partial charge in [0.2, 0.25) is 0 Å². The topological polar surface area (TPSA) is 12.0 Å². The van der Waals surface area contributed by atoms with E-state index in [0.717, 1.165) is 18.0 Å². The Hall–Kier alpha value is -1.31. The number of rotatable bonds is 5. The third-order valence-electron chi connectivity index (χ3n) is 3.48. The highest BCUT2D eigenvalue weighted by Crippen LogP contribution is 2.23. The van der Waals surface area contributed by atoms with Crippen LogP contribution in [0.3, 0.4) is 0 Å². The second-order valence-corrected chi connectivity index (χ2v) is 5.80. The summed E-state index contributed by atoms with van der Waals surface area (Å²) in [4.78, 5) is 0. The Morgan fingerprint density at radius 1 is 1.00 bits per heavy atom. The van der Waals surface area contributed by atoms with Crippen LogP contribution in [0.1, 0.15) is 35.2 Å². The van der Waals surface area contributed by atoms with E-state index in [1.165, 1.54) is 22.3 Å². The molecule has 1 atom stereocenters. The van der Waals surface area contributed by atoms with Gasteiger partial charge in [0.05, 0.1) is 0 Å². The second-order valence-electron chi connectivity index (χ2n) is 5.36. The molecule has 106 valence electrons. The van der Waals surface area contributed by atoms with Gasteiger partial charge in [-0.1, -0.05) is 54.4 Å². The summed E-state index contributed by atoms with van der Waals surface area (Å²) in [5, 5.41) is 4.37. The summed E-state index contributed by atoms with van der Waals surface area (Å²) in [6, 6.07) is 15.3. The molecule has 0 radical (unpaired) electrons. The Morgan fingerprint density at radius 3 is 2.30 bits per heavy atom. The Kier molecular flexibility index (Phi) is 5.22. The molecule has 0 aliphatic heterocycles. The molecule has 0 aliphatic rings. The summed E-state index contributed by atoms with van der Waals surface area (Å²) in [5.41, 5.74) is 5.11. The lowest BCUT2D eigenvalue weighted by Gasteiger charge is -2.19. The molecule has 20 heavy (non-hydrogen) atoms. The summed E-state index contributed by atoms with van der Waals surface area (Å²) >= 11 is 6.19. The van der Waals surface area contributed by atoms with Crippen LogP contribution < -0.4 is 5.32 Å². The van der Waals surface area contributed by atoms with Crippen LogP contribution >= 0.6 is 11.6 Å². The average Bonchev–Trinajstić information content (AvgIpc) is 2.39. The third kappa shape index (κ3) is 4.09. The number of hydrogen-bond donors (Lipinski definition) is 1. The Bertz CT molecular complexity index is 540. The standard InChI is InChI=1S/C18H22ClN/c1-4-20-18(11-15-7-5-13(2)6-8-15)16-9-14(3)10-17(19)12-16/h5-10,12,18,20H,4,11H2,1-3H3. The molecule has 2 heteroatoms. The number of halogens is 1. The van der Waals surface area contributed by atoms with E-state index in [-0.39, 0.29) is 0 Å². The van der Waals surface area contributed by atoms with Crippen molar-refractivity contribution in [2.45, 2.75) is 33.2 Å². The SMILES string of the molecule is CCNC(Cc1ccc(C)cc1)c1cc(C)cc(Cl)c1. The Morgan fingerprint density at radius 2 is 1.70 bits per heavy atom. The first-order valence-corrected chi connectivity index (χ1v) is 7.52. The number of nitrogens with one attached hydrogen (secondary N) is 1. The molecule has 1 nitrogen and oxygen atoms in total. The highest BCUT2D eigenvalue weighted by Gasteiger charge is 2.12. The maximum absolute atomic E-state index is 6.19. The molecule has 1 unspecified atom stereocenters. The van der Waals surface area contributed by atoms with Gasteiger partial charge in [-0.25, -0.2) is 0 Å². The lowest BCUT2D eigenvalue weighted by Crippen LogP contribution is -2.23. The summed E-state index contributed by atoms with van der Waals surface area (Å²) < 4.78 is 0. The van der Waals surface area contributed by atoms with Crippen molar-refractivity contribution in [3.63, 3.8) is 0 Å². The van der Waals surface area contributed by atoms with Crippen LogP contribution in [0.15, 0.2) is 42.5 Å². The van der Waals surface area contributed by atoms with Crippen LogP contribution in [-0.4, -0.2) is 6.54 Å². The molecule has 0 saturated heterocycles. The number of hydrogen-bond acceptors (Lipinski definition) is 1. The normalized spacial score (nSPS) is 12.4. The minimum absolute atomic E-state index is 0.306. The minimum atomic E-state index is 0.306. The van der Waals surface area contributed by atoms with Gasteiger partial charge in [0.1, 0.15) is 0 Å². The van der Waals surface area contributed by atoms with Gasteiger partial charge in [-0.05, 0) is 55.6 Å². The first-order valence-electron chi connectivity index (χ1n) is 7.14. The van der Waals surface area contributed by atoms with Gasteiger partial charge in [0.25, 0.3) is 0 Å². The number of likely N-dealkylation sites (N-methyl/N-ethyl adjacent to an activating group) is 1. The molecule has 0 aliphatic carbocycles. The van der Waals surface area contributed by atoms with Crippen LogP contribution in [0.25, 0.3) is 0 Å². The average molecular weight is 288 g/mol. The van der Waals surface area contributed by atoms with Crippen LogP contribution in [0.5, 0.6) is 0 Å². The molecular weight excluding hydrogens is 266 g/mol. The molecule has 2 aromatic rings. The Balaban J connectivity index is 2.23. The van der Waals surface area contributed by atoms with E-state index in [4.69, 9.17) is 11.6 Å². The van der Waals surface area contributed by atoms with Gasteiger partial charge in [0, 0.05) is 11.1 Å². The molecule has 0 fully saturated rings. The minimum Gasteiger partial charge on any atom is -0.310 e. The molecule has 0 heterocycles. The van der Waals surface area contributed by atoms with E-state index in [2.05, 4.69) is 62.5 Å². The van der Waals surface area contributed by atoms with Crippen LogP contribution in [-0.2, 0) is 6.42 Å². The van der Waals surface area contributed by atoms with Crippen molar-refractivity contribution in [2.75, 3.05) is 6.54 Å². The van der Waals surface area contributed by atoms with E-state index in [9.17, 15) is 0 Å². The third-order valence-corrected chi connectivity index (χ3v) is 3.70. The first kappa shape index (κ1) is 15.1. The van der Waals surface area contributed by atoms with Gasteiger partial charge in [-0.15, -0.1) is 0 Å². The molecule has 0 spiro atoms. The molecular formula is C18H22ClN. The van der Waals surface area contributed by atoms with Crippen molar-refractivity contribution >= 4 is 11.6 Å². The van der Waals surface area contributed by atoms with Gasteiger partial charge in [-0.2, -0.15) is 0 Å². The van der Waals surface area contributed by atoms with E-state index < -0.39 is 0 Å². The van der Waals surface area contributed by atoms with Crippen molar-refractivity contribution in [1.29, 1.82) is 0 Å². The zero-order valence-corrected chi connectivity index (χ0v) is 13.2. The largest absolute Gasteiger partial charge is 0.310 e. The molecule has 0 amide bonds. The number of aryl methyl sites for hydroxylation is 2. The molecule has 0 bridgehead atoms. The van der Waals surface area contributed by atoms with Crippen molar-refractivity contribution in [3.8, 4) is 0 Å². The van der Waals surface area contributed by atoms with E-state index in [1.807, 2.05) is 6.07 Å². The van der Waals surface area contributed by atoms with Crippen molar-refractivity contribution < 1.29 is 0 Å². The second kappa shape index (κ2) is 6.92. The van der Waals surface area contributed by atoms with Gasteiger partial charge in [-0.3, -0.25) is 0 Å². The molecule has 2 aromatic carbocycles. The van der Waals surface area contributed by atoms with Crippen molar-refractivity contribution in [1.82, 2.24) is 5.32 Å². The van der Waals surface area contributed by atoms with E-state index >= 15 is 0 Å². The molecule has 0 aromatic heterocycles. The maximum atomic E-state index is 6.19. The highest BCUT2D eigenvalue weighted by molar-refractivity contribution is 6.30. The van der Waals surface area contributed by atoms with Crippen molar-refractivity contribution in [3.05, 3.63) is 69.7 Å². The number of benzene rings is 2. The zero-order valence-electron chi connectivity index (χ0n) is 12.4. The van der Waals surface area contributed by atoms with E-state index in [0.29, 0.717) is 6.04 Å². The molecule has 0 saturated carbocycles. The predicted octanol–water partition coefficient (Wildman–Crippen LogP) is 4.85. The summed E-state index contributed by atoms with van der Waals surface area (Å²) in [7, 11) is 0. The fraction of sp³-hybridized carbons (Fsp3) is 0.333. The Labute approximate surface area is 127 Å². The molecule has 1 N–H and O–H groups in total. The van der Waals surface area contributed by atoms with Crippen LogP contribution in [0.4, 0.5) is 0 Å². The fourth-order valence-electron chi connectivity index (χ4n) is 2.48. The lowest BCUT2D eigenvalue weighted by atomic mass is 9.97. The smallest absolute Gasteiger partial charge is 0.0411 e. The summed E-state index contributed by atoms with van der Waals surface area (Å²) in [5.74, 6) is 0. The monoisotopic (exact) mass is 287 g/mol. The van der Waals surface area contributed by atoms with Crippen LogP contribution in [0.2, 0.25) is 5.02 Å². The predicted molar refractivity (Wildman–Crippen MR) is 87.5 cm³/mol. The fourth-order valence-corrected chi connectivity index (χ4v) is 2.78. The zero-order chi connectivity index (χ0) is 14.5. The summed E-state index contributed by atoms with van der Waals surface area (Å²) in [6.07, 6.45) is 0.980. The lowest BCUT2D eigenvalue weighted by molar-refractivity contribution is 0.549. The van der Waals surface area contributed by atoms with E-state index in [1.54, 1.807) is 0 Å².